The van der Waals surface area contributed by atoms with E-state index in [0.29, 0.717) is 22.6 Å². The van der Waals surface area contributed by atoms with Crippen LogP contribution in [0.5, 0.6) is 0 Å². The number of benzene rings is 1. The number of hydrogen-bond donors (Lipinski definition) is 3. The number of hydrogen-bond acceptors (Lipinski definition) is 5. The van der Waals surface area contributed by atoms with Gasteiger partial charge in [0.05, 0.1) is 21.5 Å². The fourth-order valence-corrected chi connectivity index (χ4v) is 4.22. The molecular formula is C20H21Cl2N5O3. The highest BCUT2D eigenvalue weighted by molar-refractivity contribution is 6.42. The van der Waals surface area contributed by atoms with E-state index in [1.807, 2.05) is 4.90 Å². The molecule has 10 heteroatoms. The molecule has 2 aromatic rings. The van der Waals surface area contributed by atoms with Crippen molar-refractivity contribution in [2.24, 2.45) is 5.92 Å². The minimum Gasteiger partial charge on any atom is -0.342 e. The van der Waals surface area contributed by atoms with E-state index in [-0.39, 0.29) is 28.7 Å². The maximum atomic E-state index is 12.9. The van der Waals surface area contributed by atoms with Crippen LogP contribution in [0.15, 0.2) is 23.0 Å². The molecule has 158 valence electrons. The number of nitrogens with zero attached hydrogens (tertiary/aromatic N) is 2. The number of aromatic amines is 1. The number of carbonyl (C=O) groups excluding carboxylic acids is 2. The smallest absolute Gasteiger partial charge is 0.258 e. The van der Waals surface area contributed by atoms with Gasteiger partial charge in [0, 0.05) is 25.2 Å². The monoisotopic (exact) mass is 449 g/mol. The largest absolute Gasteiger partial charge is 0.342 e. The standard InChI is InChI=1S/C20H21Cl2N5O3/c1-10-3-2-6-27(9-10)20-25-17-16(19(30)26-20)12(8-15(28)24-17)18(29)23-11-4-5-13(21)14(22)7-11/h4-5,7,10,12H,2-3,6,8-9H2,1H3,(H,23,29)(H2,24,25,26,28,30)/t10-,12+/m1/s1. The van der Waals surface area contributed by atoms with E-state index in [9.17, 15) is 14.4 Å². The van der Waals surface area contributed by atoms with Crippen molar-refractivity contribution >= 4 is 52.5 Å². The number of H-pyrrole nitrogens is 1. The summed E-state index contributed by atoms with van der Waals surface area (Å²) in [4.78, 5) is 47.3. The van der Waals surface area contributed by atoms with E-state index in [2.05, 4.69) is 27.5 Å². The summed E-state index contributed by atoms with van der Waals surface area (Å²) in [5.41, 5.74) is 0.147. The zero-order chi connectivity index (χ0) is 21.4. The van der Waals surface area contributed by atoms with Gasteiger partial charge in [0.1, 0.15) is 5.82 Å². The molecule has 4 rings (SSSR count). The van der Waals surface area contributed by atoms with Crippen molar-refractivity contribution in [3.63, 3.8) is 0 Å². The SMILES string of the molecule is C[C@@H]1CCCN(c2nc3c(c(=O)[nH]2)[C@@H](C(=O)Nc2ccc(Cl)c(Cl)c2)CC(=O)N3)C1. The summed E-state index contributed by atoms with van der Waals surface area (Å²) in [7, 11) is 0. The Kier molecular flexibility index (Phi) is 5.71. The second-order valence-electron chi connectivity index (χ2n) is 7.77. The molecule has 0 radical (unpaired) electrons. The summed E-state index contributed by atoms with van der Waals surface area (Å²) >= 11 is 11.9. The van der Waals surface area contributed by atoms with Crippen molar-refractivity contribution < 1.29 is 9.59 Å². The predicted octanol–water partition coefficient (Wildman–Crippen LogP) is 3.38. The molecule has 0 spiro atoms. The Labute approximate surface area is 183 Å². The summed E-state index contributed by atoms with van der Waals surface area (Å²) in [6.07, 6.45) is 1.98. The molecule has 3 heterocycles. The predicted molar refractivity (Wildman–Crippen MR) is 117 cm³/mol. The highest BCUT2D eigenvalue weighted by Crippen LogP contribution is 2.32. The van der Waals surface area contributed by atoms with Crippen molar-refractivity contribution in [2.75, 3.05) is 28.6 Å². The third-order valence-electron chi connectivity index (χ3n) is 5.40. The van der Waals surface area contributed by atoms with E-state index in [0.717, 1.165) is 25.9 Å². The molecular weight excluding hydrogens is 429 g/mol. The van der Waals surface area contributed by atoms with E-state index < -0.39 is 17.4 Å². The Morgan fingerprint density at radius 1 is 1.27 bits per heavy atom. The van der Waals surface area contributed by atoms with Crippen LogP contribution in [-0.4, -0.2) is 34.9 Å². The number of aromatic nitrogens is 2. The minimum absolute atomic E-state index is 0.137. The van der Waals surface area contributed by atoms with E-state index in [1.54, 1.807) is 12.1 Å². The second kappa shape index (κ2) is 8.28. The average Bonchev–Trinajstić information content (AvgIpc) is 2.69. The van der Waals surface area contributed by atoms with Crippen LogP contribution >= 0.6 is 23.2 Å². The molecule has 2 atom stereocenters. The van der Waals surface area contributed by atoms with Gasteiger partial charge in [-0.25, -0.2) is 0 Å². The Bertz CT molecular complexity index is 1070. The zero-order valence-electron chi connectivity index (χ0n) is 16.3. The van der Waals surface area contributed by atoms with Gasteiger partial charge in [0.2, 0.25) is 17.8 Å². The molecule has 1 aromatic heterocycles. The number of piperidine rings is 1. The van der Waals surface area contributed by atoms with Crippen molar-refractivity contribution in [3.8, 4) is 0 Å². The van der Waals surface area contributed by atoms with Crippen LogP contribution in [0, 0.1) is 5.92 Å². The minimum atomic E-state index is -0.964. The van der Waals surface area contributed by atoms with Crippen molar-refractivity contribution in [3.05, 3.63) is 44.2 Å². The van der Waals surface area contributed by atoms with Crippen LogP contribution in [0.1, 0.15) is 37.7 Å². The van der Waals surface area contributed by atoms with Gasteiger partial charge < -0.3 is 15.5 Å². The third kappa shape index (κ3) is 4.15. The first-order valence-electron chi connectivity index (χ1n) is 9.76. The second-order valence-corrected chi connectivity index (χ2v) is 8.58. The van der Waals surface area contributed by atoms with Gasteiger partial charge in [-0.2, -0.15) is 4.98 Å². The van der Waals surface area contributed by atoms with Gasteiger partial charge in [-0.15, -0.1) is 0 Å². The molecule has 1 fully saturated rings. The molecule has 8 nitrogen and oxygen atoms in total. The molecule has 2 aliphatic rings. The van der Waals surface area contributed by atoms with Crippen LogP contribution in [0.25, 0.3) is 0 Å². The molecule has 2 aliphatic heterocycles. The molecule has 0 aliphatic carbocycles. The van der Waals surface area contributed by atoms with Crippen LogP contribution in [-0.2, 0) is 9.59 Å². The van der Waals surface area contributed by atoms with Gasteiger partial charge >= 0.3 is 0 Å². The zero-order valence-corrected chi connectivity index (χ0v) is 17.8. The van der Waals surface area contributed by atoms with Gasteiger partial charge in [0.25, 0.3) is 5.56 Å². The number of anilines is 3. The van der Waals surface area contributed by atoms with Crippen LogP contribution in [0.3, 0.4) is 0 Å². The molecule has 0 unspecified atom stereocenters. The number of carbonyl (C=O) groups is 2. The Hall–Kier alpha value is -2.58. The van der Waals surface area contributed by atoms with Crippen LogP contribution in [0.2, 0.25) is 10.0 Å². The topological polar surface area (TPSA) is 107 Å². The quantitative estimate of drug-likeness (QED) is 0.665. The molecule has 0 bridgehead atoms. The lowest BCUT2D eigenvalue weighted by Crippen LogP contribution is -2.40. The van der Waals surface area contributed by atoms with Gasteiger partial charge in [-0.05, 0) is 37.0 Å². The maximum Gasteiger partial charge on any atom is 0.258 e. The highest BCUT2D eigenvalue weighted by Gasteiger charge is 2.35. The summed E-state index contributed by atoms with van der Waals surface area (Å²) in [6.45, 7) is 3.70. The summed E-state index contributed by atoms with van der Waals surface area (Å²) in [5.74, 6) is -0.786. The van der Waals surface area contributed by atoms with Gasteiger partial charge in [-0.3, -0.25) is 19.4 Å². The van der Waals surface area contributed by atoms with Gasteiger partial charge in [-0.1, -0.05) is 30.1 Å². The lowest BCUT2D eigenvalue weighted by Gasteiger charge is -2.32. The van der Waals surface area contributed by atoms with Gasteiger partial charge in [0.15, 0.2) is 0 Å². The van der Waals surface area contributed by atoms with Crippen molar-refractivity contribution in [2.45, 2.75) is 32.1 Å². The summed E-state index contributed by atoms with van der Waals surface area (Å²) in [6, 6.07) is 4.66. The van der Waals surface area contributed by atoms with E-state index in [4.69, 9.17) is 23.2 Å². The summed E-state index contributed by atoms with van der Waals surface area (Å²) < 4.78 is 0. The number of nitrogens with one attached hydrogen (secondary N) is 3. The van der Waals surface area contributed by atoms with E-state index in [1.165, 1.54) is 6.07 Å². The first-order chi connectivity index (χ1) is 14.3. The summed E-state index contributed by atoms with van der Waals surface area (Å²) in [5, 5.41) is 5.99. The number of amides is 2. The molecule has 1 aromatic carbocycles. The molecule has 0 saturated carbocycles. The normalized spacial score (nSPS) is 21.0. The maximum absolute atomic E-state index is 12.9. The first-order valence-corrected chi connectivity index (χ1v) is 10.5. The van der Waals surface area contributed by atoms with Crippen molar-refractivity contribution in [1.82, 2.24) is 9.97 Å². The lowest BCUT2D eigenvalue weighted by molar-refractivity contribution is -0.123. The number of halogens is 2. The molecule has 1 saturated heterocycles. The van der Waals surface area contributed by atoms with Crippen LogP contribution < -0.4 is 21.1 Å². The number of rotatable bonds is 3. The fourth-order valence-electron chi connectivity index (χ4n) is 3.92. The highest BCUT2D eigenvalue weighted by atomic mass is 35.5. The molecule has 2 amide bonds. The molecule has 3 N–H and O–H groups in total. The number of fused-ring (bicyclic) bond motifs is 1. The fraction of sp³-hybridized carbons (Fsp3) is 0.400. The third-order valence-corrected chi connectivity index (χ3v) is 6.14. The molecule has 30 heavy (non-hydrogen) atoms. The first kappa shape index (κ1) is 20.7. The Morgan fingerprint density at radius 2 is 2.07 bits per heavy atom. The Balaban J connectivity index is 1.64. The van der Waals surface area contributed by atoms with Crippen molar-refractivity contribution in [1.29, 1.82) is 0 Å². The Morgan fingerprint density at radius 3 is 2.80 bits per heavy atom. The average molecular weight is 450 g/mol. The van der Waals surface area contributed by atoms with Crippen LogP contribution in [0.4, 0.5) is 17.5 Å². The van der Waals surface area contributed by atoms with E-state index >= 15 is 0 Å². The lowest BCUT2D eigenvalue weighted by atomic mass is 9.92.